The third kappa shape index (κ3) is 5.06. The highest BCUT2D eigenvalue weighted by Crippen LogP contribution is 2.35. The minimum atomic E-state index is 1.13. The van der Waals surface area contributed by atoms with E-state index >= 15 is 0 Å². The predicted molar refractivity (Wildman–Crippen MR) is 135 cm³/mol. The molecule has 0 aromatic heterocycles. The molecule has 0 radical (unpaired) electrons. The fraction of sp³-hybridized carbons (Fsp3) is 0.200. The van der Waals surface area contributed by atoms with E-state index < -0.39 is 0 Å². The Morgan fingerprint density at radius 1 is 0.484 bits per heavy atom. The summed E-state index contributed by atoms with van der Waals surface area (Å²) >= 11 is 0. The Kier molecular flexibility index (Phi) is 6.84. The van der Waals surface area contributed by atoms with E-state index in [9.17, 15) is 0 Å². The Hall–Kier alpha value is -3.32. The smallest absolute Gasteiger partial charge is 0.0464 e. The molecule has 1 nitrogen and oxygen atoms in total. The van der Waals surface area contributed by atoms with Crippen LogP contribution in [0.15, 0.2) is 97.1 Å². The lowest BCUT2D eigenvalue weighted by molar-refractivity contribution is 0.922. The molecule has 0 aliphatic carbocycles. The van der Waals surface area contributed by atoms with Crippen LogP contribution < -0.4 is 5.32 Å². The fourth-order valence-corrected chi connectivity index (χ4v) is 4.11. The molecule has 31 heavy (non-hydrogen) atoms. The summed E-state index contributed by atoms with van der Waals surface area (Å²) in [6.07, 6.45) is 4.61. The number of benzene rings is 4. The van der Waals surface area contributed by atoms with Gasteiger partial charge in [0.2, 0.25) is 0 Å². The first-order valence-electron chi connectivity index (χ1n) is 11.4. The van der Waals surface area contributed by atoms with Gasteiger partial charge in [0.1, 0.15) is 0 Å². The highest BCUT2D eigenvalue weighted by Gasteiger charge is 2.09. The standard InChI is InChI=1S/C30H31N/c1-3-9-23-15-19-25(20-16-23)27-11-5-7-13-29(27)31-30-14-8-6-12-28(30)26-21-17-24(10-4-2)18-22-26/h5-8,11-22,31H,3-4,9-10H2,1-2H3. The zero-order valence-electron chi connectivity index (χ0n) is 18.6. The summed E-state index contributed by atoms with van der Waals surface area (Å²) in [6.45, 7) is 4.45. The first-order valence-corrected chi connectivity index (χ1v) is 11.4. The van der Waals surface area contributed by atoms with Crippen molar-refractivity contribution in [2.75, 3.05) is 5.32 Å². The van der Waals surface area contributed by atoms with Gasteiger partial charge in [-0.05, 0) is 47.2 Å². The van der Waals surface area contributed by atoms with Gasteiger partial charge in [0.05, 0.1) is 0 Å². The lowest BCUT2D eigenvalue weighted by atomic mass is 9.99. The zero-order valence-corrected chi connectivity index (χ0v) is 18.6. The van der Waals surface area contributed by atoms with E-state index in [0.717, 1.165) is 24.2 Å². The summed E-state index contributed by atoms with van der Waals surface area (Å²) in [5.74, 6) is 0. The molecule has 0 fully saturated rings. The molecule has 0 heterocycles. The van der Waals surface area contributed by atoms with Gasteiger partial charge < -0.3 is 5.32 Å². The van der Waals surface area contributed by atoms with E-state index in [4.69, 9.17) is 0 Å². The molecular weight excluding hydrogens is 374 g/mol. The van der Waals surface area contributed by atoms with Crippen LogP contribution >= 0.6 is 0 Å². The van der Waals surface area contributed by atoms with Gasteiger partial charge in [-0.3, -0.25) is 0 Å². The van der Waals surface area contributed by atoms with Crippen molar-refractivity contribution in [3.05, 3.63) is 108 Å². The second kappa shape index (κ2) is 10.1. The van der Waals surface area contributed by atoms with Crippen molar-refractivity contribution < 1.29 is 0 Å². The molecule has 4 aromatic carbocycles. The van der Waals surface area contributed by atoms with Crippen LogP contribution in [0, 0.1) is 0 Å². The van der Waals surface area contributed by atoms with E-state index in [2.05, 4.69) is 116 Å². The second-order valence-corrected chi connectivity index (χ2v) is 8.11. The first-order chi connectivity index (χ1) is 15.3. The zero-order chi connectivity index (χ0) is 21.5. The summed E-state index contributed by atoms with van der Waals surface area (Å²) in [4.78, 5) is 0. The summed E-state index contributed by atoms with van der Waals surface area (Å²) < 4.78 is 0. The van der Waals surface area contributed by atoms with Crippen molar-refractivity contribution >= 4 is 11.4 Å². The number of nitrogens with one attached hydrogen (secondary N) is 1. The molecular formula is C30H31N. The molecule has 0 saturated heterocycles. The molecule has 0 amide bonds. The van der Waals surface area contributed by atoms with Crippen LogP contribution in [0.2, 0.25) is 0 Å². The van der Waals surface area contributed by atoms with Crippen molar-refractivity contribution in [2.45, 2.75) is 39.5 Å². The van der Waals surface area contributed by atoms with Gasteiger partial charge in [0, 0.05) is 22.5 Å². The molecule has 0 aliphatic heterocycles. The minimum absolute atomic E-state index is 1.13. The lowest BCUT2D eigenvalue weighted by Crippen LogP contribution is -1.96. The van der Waals surface area contributed by atoms with Crippen LogP contribution in [-0.4, -0.2) is 0 Å². The van der Waals surface area contributed by atoms with Crippen LogP contribution in [0.3, 0.4) is 0 Å². The molecule has 0 unspecified atom stereocenters. The van der Waals surface area contributed by atoms with Gasteiger partial charge in [-0.25, -0.2) is 0 Å². The molecule has 0 spiro atoms. The maximum Gasteiger partial charge on any atom is 0.0464 e. The van der Waals surface area contributed by atoms with Gasteiger partial charge in [-0.2, -0.15) is 0 Å². The van der Waals surface area contributed by atoms with Crippen molar-refractivity contribution in [1.82, 2.24) is 0 Å². The SMILES string of the molecule is CCCc1ccc(-c2ccccc2Nc2ccccc2-c2ccc(CCC)cc2)cc1. The number of hydrogen-bond acceptors (Lipinski definition) is 1. The van der Waals surface area contributed by atoms with Gasteiger partial charge in [0.25, 0.3) is 0 Å². The van der Waals surface area contributed by atoms with Crippen molar-refractivity contribution in [1.29, 1.82) is 0 Å². The van der Waals surface area contributed by atoms with Crippen LogP contribution in [0.5, 0.6) is 0 Å². The maximum atomic E-state index is 3.72. The molecule has 4 aromatic rings. The predicted octanol–water partition coefficient (Wildman–Crippen LogP) is 8.67. The molecule has 1 heteroatoms. The normalized spacial score (nSPS) is 10.8. The van der Waals surface area contributed by atoms with Gasteiger partial charge in [-0.15, -0.1) is 0 Å². The van der Waals surface area contributed by atoms with Crippen molar-refractivity contribution in [2.24, 2.45) is 0 Å². The fourth-order valence-electron chi connectivity index (χ4n) is 4.11. The third-order valence-corrected chi connectivity index (χ3v) is 5.73. The van der Waals surface area contributed by atoms with Crippen molar-refractivity contribution in [3.8, 4) is 22.3 Å². The molecule has 0 atom stereocenters. The number of anilines is 2. The summed E-state index contributed by atoms with van der Waals surface area (Å²) in [5.41, 5.74) is 9.97. The largest absolute Gasteiger partial charge is 0.355 e. The van der Waals surface area contributed by atoms with Gasteiger partial charge in [-0.1, -0.05) is 112 Å². The van der Waals surface area contributed by atoms with E-state index in [-0.39, 0.29) is 0 Å². The third-order valence-electron chi connectivity index (χ3n) is 5.73. The van der Waals surface area contributed by atoms with Crippen LogP contribution in [0.1, 0.15) is 37.8 Å². The molecule has 0 bridgehead atoms. The highest BCUT2D eigenvalue weighted by atomic mass is 14.9. The van der Waals surface area contributed by atoms with Crippen molar-refractivity contribution in [3.63, 3.8) is 0 Å². The van der Waals surface area contributed by atoms with Gasteiger partial charge in [0.15, 0.2) is 0 Å². The summed E-state index contributed by atoms with van der Waals surface area (Å²) in [6, 6.07) is 35.1. The first kappa shape index (κ1) is 20.9. The van der Waals surface area contributed by atoms with Crippen LogP contribution in [-0.2, 0) is 12.8 Å². The summed E-state index contributed by atoms with van der Waals surface area (Å²) in [7, 11) is 0. The molecule has 156 valence electrons. The summed E-state index contributed by atoms with van der Waals surface area (Å²) in [5, 5.41) is 3.72. The maximum absolute atomic E-state index is 3.72. The van der Waals surface area contributed by atoms with E-state index in [1.807, 2.05) is 0 Å². The number of rotatable bonds is 8. The molecule has 0 saturated carbocycles. The lowest BCUT2D eigenvalue weighted by Gasteiger charge is -2.16. The van der Waals surface area contributed by atoms with E-state index in [1.165, 1.54) is 46.2 Å². The van der Waals surface area contributed by atoms with E-state index in [0.29, 0.717) is 0 Å². The Labute approximate surface area is 186 Å². The molecule has 1 N–H and O–H groups in total. The average Bonchev–Trinajstić information content (AvgIpc) is 2.82. The molecule has 0 aliphatic rings. The van der Waals surface area contributed by atoms with Crippen LogP contribution in [0.25, 0.3) is 22.3 Å². The Balaban J connectivity index is 1.65. The number of aryl methyl sites for hydroxylation is 2. The van der Waals surface area contributed by atoms with E-state index in [1.54, 1.807) is 0 Å². The Morgan fingerprint density at radius 3 is 1.26 bits per heavy atom. The Bertz CT molecular complexity index is 1020. The number of para-hydroxylation sites is 2. The quantitative estimate of drug-likeness (QED) is 0.309. The van der Waals surface area contributed by atoms with Crippen LogP contribution in [0.4, 0.5) is 11.4 Å². The molecule has 4 rings (SSSR count). The Morgan fingerprint density at radius 2 is 0.871 bits per heavy atom. The topological polar surface area (TPSA) is 12.0 Å². The number of hydrogen-bond donors (Lipinski definition) is 1. The van der Waals surface area contributed by atoms with Gasteiger partial charge >= 0.3 is 0 Å². The monoisotopic (exact) mass is 405 g/mol. The average molecular weight is 406 g/mol. The highest BCUT2D eigenvalue weighted by molar-refractivity contribution is 5.86. The second-order valence-electron chi connectivity index (χ2n) is 8.11. The minimum Gasteiger partial charge on any atom is -0.355 e.